The molecule has 1 aliphatic rings. The first-order chi connectivity index (χ1) is 10.3. The standard InChI is InChI=1S/C17H22N2O2/c20-11-14-10-13-6-3-4-8-16(13)18-17(14)19-9-5-1-2-7-15(19)12-21/h3-4,6,8,10,15,20-21H,1-2,5,7,9,11-12H2. The van der Waals surface area contributed by atoms with Gasteiger partial charge in [0.2, 0.25) is 0 Å². The second-order valence-corrected chi connectivity index (χ2v) is 5.70. The lowest BCUT2D eigenvalue weighted by Crippen LogP contribution is -2.38. The Kier molecular flexibility index (Phi) is 4.36. The van der Waals surface area contributed by atoms with Crippen LogP contribution in [0, 0.1) is 0 Å². The zero-order chi connectivity index (χ0) is 14.7. The van der Waals surface area contributed by atoms with Gasteiger partial charge in [-0.05, 0) is 25.0 Å². The Bertz CT molecular complexity index is 615. The van der Waals surface area contributed by atoms with Crippen LogP contribution in [0.2, 0.25) is 0 Å². The number of hydrogen-bond acceptors (Lipinski definition) is 4. The van der Waals surface area contributed by atoms with Crippen molar-refractivity contribution in [3.05, 3.63) is 35.9 Å². The molecule has 21 heavy (non-hydrogen) atoms. The normalized spacial score (nSPS) is 19.7. The van der Waals surface area contributed by atoms with Crippen LogP contribution in [-0.2, 0) is 6.61 Å². The molecular formula is C17H22N2O2. The maximum absolute atomic E-state index is 9.71. The van der Waals surface area contributed by atoms with Crippen molar-refractivity contribution < 1.29 is 10.2 Å². The number of benzene rings is 1. The summed E-state index contributed by atoms with van der Waals surface area (Å²) in [7, 11) is 0. The predicted octanol–water partition coefficient (Wildman–Crippen LogP) is 2.47. The summed E-state index contributed by atoms with van der Waals surface area (Å²) in [4.78, 5) is 6.95. The number of aliphatic hydroxyl groups is 2. The quantitative estimate of drug-likeness (QED) is 0.910. The summed E-state index contributed by atoms with van der Waals surface area (Å²) in [5, 5.41) is 20.4. The Morgan fingerprint density at radius 1 is 1.14 bits per heavy atom. The first-order valence-electron chi connectivity index (χ1n) is 7.70. The molecule has 1 aliphatic heterocycles. The van der Waals surface area contributed by atoms with Crippen LogP contribution in [0.4, 0.5) is 5.82 Å². The summed E-state index contributed by atoms with van der Waals surface area (Å²) in [6, 6.07) is 10.1. The van der Waals surface area contributed by atoms with Crippen LogP contribution in [0.5, 0.6) is 0 Å². The van der Waals surface area contributed by atoms with Crippen LogP contribution in [0.15, 0.2) is 30.3 Å². The van der Waals surface area contributed by atoms with Gasteiger partial charge in [-0.2, -0.15) is 0 Å². The van der Waals surface area contributed by atoms with Gasteiger partial charge in [0.05, 0.1) is 24.8 Å². The molecular weight excluding hydrogens is 264 g/mol. The fourth-order valence-electron chi connectivity index (χ4n) is 3.16. The lowest BCUT2D eigenvalue weighted by atomic mass is 10.1. The summed E-state index contributed by atoms with van der Waals surface area (Å²) in [5.74, 6) is 0.831. The Balaban J connectivity index is 2.07. The molecule has 2 heterocycles. The molecule has 0 amide bonds. The van der Waals surface area contributed by atoms with E-state index < -0.39 is 0 Å². The molecule has 0 saturated carbocycles. The number of rotatable bonds is 3. The lowest BCUT2D eigenvalue weighted by Gasteiger charge is -2.31. The highest BCUT2D eigenvalue weighted by atomic mass is 16.3. The van der Waals surface area contributed by atoms with Crippen molar-refractivity contribution in [1.29, 1.82) is 0 Å². The zero-order valence-corrected chi connectivity index (χ0v) is 12.2. The third-order valence-corrected chi connectivity index (χ3v) is 4.31. The molecule has 3 rings (SSSR count). The van der Waals surface area contributed by atoms with E-state index in [4.69, 9.17) is 4.98 Å². The second-order valence-electron chi connectivity index (χ2n) is 5.70. The van der Waals surface area contributed by atoms with Crippen molar-refractivity contribution in [3.63, 3.8) is 0 Å². The van der Waals surface area contributed by atoms with Gasteiger partial charge in [0, 0.05) is 17.5 Å². The third-order valence-electron chi connectivity index (χ3n) is 4.31. The number of nitrogens with zero attached hydrogens (tertiary/aromatic N) is 2. The largest absolute Gasteiger partial charge is 0.394 e. The zero-order valence-electron chi connectivity index (χ0n) is 12.2. The van der Waals surface area contributed by atoms with Gasteiger partial charge in [0.15, 0.2) is 0 Å². The van der Waals surface area contributed by atoms with E-state index in [0.717, 1.165) is 48.1 Å². The number of aromatic nitrogens is 1. The number of hydrogen-bond donors (Lipinski definition) is 2. The van der Waals surface area contributed by atoms with Crippen LogP contribution in [0.3, 0.4) is 0 Å². The van der Waals surface area contributed by atoms with Gasteiger partial charge >= 0.3 is 0 Å². The Labute approximate surface area is 125 Å². The van der Waals surface area contributed by atoms with Gasteiger partial charge in [-0.3, -0.25) is 0 Å². The molecule has 4 nitrogen and oxygen atoms in total. The molecule has 0 radical (unpaired) electrons. The molecule has 4 heteroatoms. The van der Waals surface area contributed by atoms with E-state index in [1.807, 2.05) is 30.3 Å². The van der Waals surface area contributed by atoms with Crippen LogP contribution >= 0.6 is 0 Å². The van der Waals surface area contributed by atoms with Gasteiger partial charge in [-0.15, -0.1) is 0 Å². The summed E-state index contributed by atoms with van der Waals surface area (Å²) in [5.41, 5.74) is 1.78. The smallest absolute Gasteiger partial charge is 0.135 e. The Morgan fingerprint density at radius 2 is 2.00 bits per heavy atom. The minimum Gasteiger partial charge on any atom is -0.394 e. The SMILES string of the molecule is OCc1cc2ccccc2nc1N1CCCCCC1CO. The summed E-state index contributed by atoms with van der Waals surface area (Å²) < 4.78 is 0. The van der Waals surface area contributed by atoms with Crippen molar-refractivity contribution in [2.24, 2.45) is 0 Å². The minimum absolute atomic E-state index is 0.0260. The van der Waals surface area contributed by atoms with E-state index in [-0.39, 0.29) is 19.3 Å². The molecule has 1 aromatic carbocycles. The molecule has 1 fully saturated rings. The number of para-hydroxylation sites is 1. The highest BCUT2D eigenvalue weighted by Crippen LogP contribution is 2.28. The van der Waals surface area contributed by atoms with Gasteiger partial charge in [-0.25, -0.2) is 4.98 Å². The number of anilines is 1. The minimum atomic E-state index is -0.0260. The van der Waals surface area contributed by atoms with Crippen molar-refractivity contribution >= 4 is 16.7 Å². The number of pyridine rings is 1. The molecule has 1 saturated heterocycles. The monoisotopic (exact) mass is 286 g/mol. The first-order valence-corrected chi connectivity index (χ1v) is 7.70. The van der Waals surface area contributed by atoms with E-state index in [1.165, 1.54) is 6.42 Å². The van der Waals surface area contributed by atoms with E-state index in [1.54, 1.807) is 0 Å². The third kappa shape index (κ3) is 2.87. The number of aliphatic hydroxyl groups excluding tert-OH is 2. The van der Waals surface area contributed by atoms with Crippen LogP contribution < -0.4 is 4.90 Å². The average molecular weight is 286 g/mol. The van der Waals surface area contributed by atoms with Gasteiger partial charge < -0.3 is 15.1 Å². The maximum atomic E-state index is 9.71. The van der Waals surface area contributed by atoms with Gasteiger partial charge in [-0.1, -0.05) is 31.0 Å². The van der Waals surface area contributed by atoms with Crippen molar-refractivity contribution in [2.75, 3.05) is 18.1 Å². The molecule has 1 atom stereocenters. The first kappa shape index (κ1) is 14.3. The molecule has 0 aliphatic carbocycles. The molecule has 2 N–H and O–H groups in total. The van der Waals surface area contributed by atoms with E-state index in [0.29, 0.717) is 0 Å². The maximum Gasteiger partial charge on any atom is 0.135 e. The molecule has 1 unspecified atom stereocenters. The second kappa shape index (κ2) is 6.41. The molecule has 2 aromatic rings. The fourth-order valence-corrected chi connectivity index (χ4v) is 3.16. The fraction of sp³-hybridized carbons (Fsp3) is 0.471. The molecule has 112 valence electrons. The van der Waals surface area contributed by atoms with E-state index in [9.17, 15) is 10.2 Å². The van der Waals surface area contributed by atoms with Crippen LogP contribution in [0.1, 0.15) is 31.2 Å². The van der Waals surface area contributed by atoms with Crippen LogP contribution in [0.25, 0.3) is 10.9 Å². The Morgan fingerprint density at radius 3 is 2.81 bits per heavy atom. The molecule has 1 aromatic heterocycles. The highest BCUT2D eigenvalue weighted by molar-refractivity contribution is 5.81. The topological polar surface area (TPSA) is 56.6 Å². The van der Waals surface area contributed by atoms with Gasteiger partial charge in [0.25, 0.3) is 0 Å². The summed E-state index contributed by atoms with van der Waals surface area (Å²) >= 11 is 0. The van der Waals surface area contributed by atoms with Crippen LogP contribution in [-0.4, -0.2) is 34.4 Å². The molecule has 0 spiro atoms. The predicted molar refractivity (Wildman–Crippen MR) is 84.4 cm³/mol. The van der Waals surface area contributed by atoms with Gasteiger partial charge in [0.1, 0.15) is 5.82 Å². The van der Waals surface area contributed by atoms with Crippen molar-refractivity contribution in [3.8, 4) is 0 Å². The summed E-state index contributed by atoms with van der Waals surface area (Å²) in [6.45, 7) is 1.00. The lowest BCUT2D eigenvalue weighted by molar-refractivity contribution is 0.252. The average Bonchev–Trinajstić information content (AvgIpc) is 2.78. The summed E-state index contributed by atoms with van der Waals surface area (Å²) in [6.07, 6.45) is 4.42. The highest BCUT2D eigenvalue weighted by Gasteiger charge is 2.23. The number of fused-ring (bicyclic) bond motifs is 1. The Hall–Kier alpha value is -1.65. The van der Waals surface area contributed by atoms with Crippen molar-refractivity contribution in [2.45, 2.75) is 38.3 Å². The van der Waals surface area contributed by atoms with Crippen molar-refractivity contribution in [1.82, 2.24) is 4.98 Å². The van der Waals surface area contributed by atoms with E-state index >= 15 is 0 Å². The van der Waals surface area contributed by atoms with E-state index in [2.05, 4.69) is 4.90 Å². The molecule has 0 bridgehead atoms.